The summed E-state index contributed by atoms with van der Waals surface area (Å²) in [5, 5.41) is 9.75. The van der Waals surface area contributed by atoms with Crippen LogP contribution in [0.25, 0.3) is 11.0 Å². The maximum absolute atomic E-state index is 13.7. The van der Waals surface area contributed by atoms with Gasteiger partial charge in [0, 0.05) is 30.6 Å². The highest BCUT2D eigenvalue weighted by Gasteiger charge is 2.24. The standard InChI is InChI=1S/C14H14FNO4/c15-11-3-1-2-9-10(8-16-4-6-19-7-5-16)13(14(17)18)20-12(9)11/h1-3H,4-8H2,(H,17,18). The van der Waals surface area contributed by atoms with Crippen LogP contribution in [-0.2, 0) is 11.3 Å². The topological polar surface area (TPSA) is 62.9 Å². The highest BCUT2D eigenvalue weighted by molar-refractivity contribution is 5.95. The molecule has 0 unspecified atom stereocenters. The van der Waals surface area contributed by atoms with Crippen LogP contribution < -0.4 is 0 Å². The van der Waals surface area contributed by atoms with Crippen molar-refractivity contribution in [2.75, 3.05) is 26.3 Å². The third-order valence-electron chi connectivity index (χ3n) is 3.45. The van der Waals surface area contributed by atoms with E-state index in [4.69, 9.17) is 9.15 Å². The van der Waals surface area contributed by atoms with Crippen molar-refractivity contribution in [2.45, 2.75) is 6.54 Å². The Kier molecular flexibility index (Phi) is 3.42. The summed E-state index contributed by atoms with van der Waals surface area (Å²) in [6.07, 6.45) is 0. The lowest BCUT2D eigenvalue weighted by molar-refractivity contribution is 0.0339. The van der Waals surface area contributed by atoms with E-state index in [-0.39, 0.29) is 11.3 Å². The fourth-order valence-electron chi connectivity index (χ4n) is 2.45. The smallest absolute Gasteiger partial charge is 0.372 e. The first-order chi connectivity index (χ1) is 9.66. The zero-order valence-electron chi connectivity index (χ0n) is 10.8. The number of rotatable bonds is 3. The van der Waals surface area contributed by atoms with E-state index in [1.54, 1.807) is 12.1 Å². The zero-order valence-corrected chi connectivity index (χ0v) is 10.8. The summed E-state index contributed by atoms with van der Waals surface area (Å²) < 4.78 is 24.2. The van der Waals surface area contributed by atoms with E-state index in [2.05, 4.69) is 4.90 Å². The van der Waals surface area contributed by atoms with Crippen LogP contribution >= 0.6 is 0 Å². The Morgan fingerprint density at radius 2 is 2.10 bits per heavy atom. The van der Waals surface area contributed by atoms with E-state index in [9.17, 15) is 14.3 Å². The van der Waals surface area contributed by atoms with Crippen molar-refractivity contribution in [1.82, 2.24) is 4.90 Å². The molecule has 20 heavy (non-hydrogen) atoms. The van der Waals surface area contributed by atoms with Gasteiger partial charge < -0.3 is 14.3 Å². The first-order valence-electron chi connectivity index (χ1n) is 6.40. The Balaban J connectivity index is 2.04. The van der Waals surface area contributed by atoms with Crippen molar-refractivity contribution in [3.8, 4) is 0 Å². The molecule has 0 bridgehead atoms. The fraction of sp³-hybridized carbons (Fsp3) is 0.357. The van der Waals surface area contributed by atoms with Gasteiger partial charge in [0.05, 0.1) is 13.2 Å². The minimum absolute atomic E-state index is 0.00756. The second-order valence-corrected chi connectivity index (χ2v) is 4.72. The molecule has 1 saturated heterocycles. The molecule has 1 aliphatic rings. The molecular formula is C14H14FNO4. The normalized spacial score (nSPS) is 16.6. The maximum Gasteiger partial charge on any atom is 0.372 e. The molecule has 0 radical (unpaired) electrons. The van der Waals surface area contributed by atoms with Crippen LogP contribution in [0.1, 0.15) is 16.1 Å². The molecule has 0 atom stereocenters. The van der Waals surface area contributed by atoms with E-state index in [1.807, 2.05) is 0 Å². The van der Waals surface area contributed by atoms with Gasteiger partial charge in [0.25, 0.3) is 0 Å². The number of halogens is 1. The van der Waals surface area contributed by atoms with Crippen LogP contribution in [0.5, 0.6) is 0 Å². The molecule has 1 aliphatic heterocycles. The van der Waals surface area contributed by atoms with Crippen molar-refractivity contribution in [2.24, 2.45) is 0 Å². The molecule has 5 nitrogen and oxygen atoms in total. The summed E-state index contributed by atoms with van der Waals surface area (Å²) in [6.45, 7) is 3.10. The molecule has 0 saturated carbocycles. The molecule has 1 N–H and O–H groups in total. The van der Waals surface area contributed by atoms with Crippen molar-refractivity contribution in [1.29, 1.82) is 0 Å². The van der Waals surface area contributed by atoms with Gasteiger partial charge in [-0.1, -0.05) is 12.1 Å². The minimum Gasteiger partial charge on any atom is -0.475 e. The average molecular weight is 279 g/mol. The Bertz CT molecular complexity index is 646. The molecule has 2 heterocycles. The molecule has 106 valence electrons. The van der Waals surface area contributed by atoms with Gasteiger partial charge in [0.15, 0.2) is 11.4 Å². The van der Waals surface area contributed by atoms with Crippen molar-refractivity contribution in [3.63, 3.8) is 0 Å². The van der Waals surface area contributed by atoms with Gasteiger partial charge in [-0.2, -0.15) is 0 Å². The zero-order chi connectivity index (χ0) is 14.1. The number of carboxylic acid groups (broad SMARTS) is 1. The molecule has 1 aromatic carbocycles. The lowest BCUT2D eigenvalue weighted by atomic mass is 10.1. The summed E-state index contributed by atoms with van der Waals surface area (Å²) in [4.78, 5) is 13.4. The number of ether oxygens (including phenoxy) is 1. The van der Waals surface area contributed by atoms with Gasteiger partial charge >= 0.3 is 5.97 Å². The molecule has 2 aromatic rings. The molecular weight excluding hydrogens is 265 g/mol. The van der Waals surface area contributed by atoms with E-state index in [0.29, 0.717) is 30.7 Å². The average Bonchev–Trinajstić information content (AvgIpc) is 2.81. The molecule has 0 spiro atoms. The number of morpholine rings is 1. The number of aromatic carboxylic acids is 1. The molecule has 0 amide bonds. The number of benzene rings is 1. The number of carboxylic acids is 1. The third kappa shape index (κ3) is 2.28. The highest BCUT2D eigenvalue weighted by atomic mass is 19.1. The van der Waals surface area contributed by atoms with Crippen LogP contribution in [0.4, 0.5) is 4.39 Å². The number of nitrogens with zero attached hydrogens (tertiary/aromatic N) is 1. The number of furan rings is 1. The number of hydrogen-bond acceptors (Lipinski definition) is 4. The van der Waals surface area contributed by atoms with Crippen molar-refractivity contribution in [3.05, 3.63) is 35.3 Å². The molecule has 1 aromatic heterocycles. The van der Waals surface area contributed by atoms with Gasteiger partial charge in [0.1, 0.15) is 0 Å². The third-order valence-corrected chi connectivity index (χ3v) is 3.45. The molecule has 6 heteroatoms. The van der Waals surface area contributed by atoms with Gasteiger partial charge in [-0.3, -0.25) is 4.90 Å². The predicted molar refractivity (Wildman–Crippen MR) is 69.2 cm³/mol. The van der Waals surface area contributed by atoms with Gasteiger partial charge in [0.2, 0.25) is 5.76 Å². The summed E-state index contributed by atoms with van der Waals surface area (Å²) >= 11 is 0. The largest absolute Gasteiger partial charge is 0.475 e. The van der Waals surface area contributed by atoms with Crippen molar-refractivity contribution >= 4 is 16.9 Å². The predicted octanol–water partition coefficient (Wildman–Crippen LogP) is 2.10. The second kappa shape index (κ2) is 5.22. The maximum atomic E-state index is 13.7. The van der Waals surface area contributed by atoms with Gasteiger partial charge in [-0.05, 0) is 6.07 Å². The monoisotopic (exact) mass is 279 g/mol. The summed E-state index contributed by atoms with van der Waals surface area (Å²) in [5.74, 6) is -1.90. The number of fused-ring (bicyclic) bond motifs is 1. The first-order valence-corrected chi connectivity index (χ1v) is 6.40. The number of carbonyl (C=O) groups is 1. The van der Waals surface area contributed by atoms with Crippen LogP contribution in [0, 0.1) is 5.82 Å². The Labute approximate surface area is 114 Å². The minimum atomic E-state index is -1.18. The van der Waals surface area contributed by atoms with E-state index in [0.717, 1.165) is 13.1 Å². The van der Waals surface area contributed by atoms with E-state index in [1.165, 1.54) is 6.07 Å². The molecule has 1 fully saturated rings. The van der Waals surface area contributed by atoms with E-state index < -0.39 is 11.8 Å². The Morgan fingerprint density at radius 1 is 1.35 bits per heavy atom. The number of para-hydroxylation sites is 1. The van der Waals surface area contributed by atoms with E-state index >= 15 is 0 Å². The molecule has 0 aliphatic carbocycles. The van der Waals surface area contributed by atoms with Crippen LogP contribution in [-0.4, -0.2) is 42.3 Å². The fourth-order valence-corrected chi connectivity index (χ4v) is 2.45. The number of hydrogen-bond donors (Lipinski definition) is 1. The van der Waals surface area contributed by atoms with Gasteiger partial charge in [-0.25, -0.2) is 9.18 Å². The van der Waals surface area contributed by atoms with Crippen LogP contribution in [0.2, 0.25) is 0 Å². The Hall–Kier alpha value is -1.92. The highest BCUT2D eigenvalue weighted by Crippen LogP contribution is 2.29. The lowest BCUT2D eigenvalue weighted by Gasteiger charge is -2.26. The lowest BCUT2D eigenvalue weighted by Crippen LogP contribution is -2.35. The summed E-state index contributed by atoms with van der Waals surface area (Å²) in [7, 11) is 0. The quantitative estimate of drug-likeness (QED) is 0.932. The van der Waals surface area contributed by atoms with Crippen LogP contribution in [0.3, 0.4) is 0 Å². The first kappa shape index (κ1) is 13.1. The Morgan fingerprint density at radius 3 is 2.80 bits per heavy atom. The SMILES string of the molecule is O=C(O)c1oc2c(F)cccc2c1CN1CCOCC1. The van der Waals surface area contributed by atoms with Crippen molar-refractivity contribution < 1.29 is 23.4 Å². The van der Waals surface area contributed by atoms with Crippen LogP contribution in [0.15, 0.2) is 22.6 Å². The summed E-state index contributed by atoms with van der Waals surface area (Å²) in [6, 6.07) is 4.50. The second-order valence-electron chi connectivity index (χ2n) is 4.72. The molecule has 3 rings (SSSR count). The van der Waals surface area contributed by atoms with Gasteiger partial charge in [-0.15, -0.1) is 0 Å². The summed E-state index contributed by atoms with van der Waals surface area (Å²) in [5.41, 5.74) is 0.530.